The van der Waals surface area contributed by atoms with Crippen LogP contribution in [0.1, 0.15) is 130 Å². The summed E-state index contributed by atoms with van der Waals surface area (Å²) in [6.07, 6.45) is 21.0. The fraction of sp³-hybridized carbons (Fsp3) is 0.667. The van der Waals surface area contributed by atoms with Crippen LogP contribution in [0.25, 0.3) is 0 Å². The number of hydrogen-bond donors (Lipinski definition) is 2. The Balaban J connectivity index is 1.73. The number of rotatable bonds is 22. The number of anilines is 6. The zero-order chi connectivity index (χ0) is 28.4. The second-order valence-corrected chi connectivity index (χ2v) is 11.9. The summed E-state index contributed by atoms with van der Waals surface area (Å²) in [4.78, 5) is 5.26. The molecule has 0 amide bonds. The van der Waals surface area contributed by atoms with Crippen molar-refractivity contribution in [2.24, 2.45) is 0 Å². The van der Waals surface area contributed by atoms with Crippen LogP contribution in [0.5, 0.6) is 0 Å². The summed E-state index contributed by atoms with van der Waals surface area (Å²) in [5, 5.41) is 7.53. The highest BCUT2D eigenvalue weighted by atomic mass is 15.1. The van der Waals surface area contributed by atoms with Crippen molar-refractivity contribution in [3.63, 3.8) is 0 Å². The Kier molecular flexibility index (Phi) is 15.2. The van der Waals surface area contributed by atoms with E-state index in [0.717, 1.165) is 26.2 Å². The van der Waals surface area contributed by atoms with Crippen molar-refractivity contribution in [1.82, 2.24) is 0 Å². The Bertz CT molecular complexity index is 856. The minimum absolute atomic E-state index is 1.16. The molecule has 2 aromatic carbocycles. The molecule has 0 unspecified atom stereocenters. The van der Waals surface area contributed by atoms with E-state index in [-0.39, 0.29) is 0 Å². The summed E-state index contributed by atoms with van der Waals surface area (Å²) in [5.74, 6) is 0. The van der Waals surface area contributed by atoms with E-state index in [1.165, 1.54) is 137 Å². The molecule has 3 rings (SSSR count). The molecule has 4 nitrogen and oxygen atoms in total. The molecule has 2 aromatic rings. The topological polar surface area (TPSA) is 30.5 Å². The molecule has 0 bridgehead atoms. The zero-order valence-electron chi connectivity index (χ0n) is 26.5. The predicted molar refractivity (Wildman–Crippen MR) is 180 cm³/mol. The number of nitrogens with one attached hydrogen (secondary N) is 2. The lowest BCUT2D eigenvalue weighted by Crippen LogP contribution is -2.26. The molecule has 1 aliphatic rings. The maximum Gasteiger partial charge on any atom is 0.0644 e. The lowest BCUT2D eigenvalue weighted by atomic mass is 10.1. The number of nitrogens with zero attached hydrogens (tertiary/aromatic N) is 2. The van der Waals surface area contributed by atoms with Crippen molar-refractivity contribution in [2.45, 2.75) is 130 Å². The van der Waals surface area contributed by atoms with Crippen molar-refractivity contribution in [1.29, 1.82) is 0 Å². The fourth-order valence-electron chi connectivity index (χ4n) is 5.83. The van der Waals surface area contributed by atoms with Crippen molar-refractivity contribution in [2.75, 3.05) is 46.6 Å². The molecule has 0 aromatic heterocycles. The van der Waals surface area contributed by atoms with Crippen LogP contribution in [0.4, 0.5) is 34.1 Å². The third kappa shape index (κ3) is 10.6. The molecule has 0 fully saturated rings. The van der Waals surface area contributed by atoms with Crippen molar-refractivity contribution in [3.05, 3.63) is 36.4 Å². The van der Waals surface area contributed by atoms with E-state index in [2.05, 4.69) is 84.5 Å². The maximum absolute atomic E-state index is 3.82. The number of benzene rings is 2. The Labute approximate surface area is 247 Å². The van der Waals surface area contributed by atoms with Crippen molar-refractivity contribution >= 4 is 34.1 Å². The van der Waals surface area contributed by atoms with Gasteiger partial charge in [0.25, 0.3) is 0 Å². The minimum Gasteiger partial charge on any atom is -0.371 e. The van der Waals surface area contributed by atoms with E-state index in [9.17, 15) is 0 Å². The SMILES string of the molecule is CCCCCCN(CCCCCC)c1ccc2c(c1)Nc1cc(N(CCCCCC)CCCCCC)ccc1N2. The van der Waals surface area contributed by atoms with E-state index >= 15 is 0 Å². The van der Waals surface area contributed by atoms with Crippen LogP contribution in [0.2, 0.25) is 0 Å². The fourth-order valence-corrected chi connectivity index (χ4v) is 5.83. The third-order valence-electron chi connectivity index (χ3n) is 8.40. The van der Waals surface area contributed by atoms with Gasteiger partial charge in [0.2, 0.25) is 0 Å². The highest BCUT2D eigenvalue weighted by Crippen LogP contribution is 2.42. The highest BCUT2D eigenvalue weighted by Gasteiger charge is 2.18. The maximum atomic E-state index is 3.82. The first-order valence-corrected chi connectivity index (χ1v) is 17.0. The molecular formula is C36H60N4. The molecule has 1 aliphatic heterocycles. The monoisotopic (exact) mass is 548 g/mol. The van der Waals surface area contributed by atoms with Gasteiger partial charge in [-0.2, -0.15) is 0 Å². The van der Waals surface area contributed by atoms with Crippen LogP contribution in [-0.2, 0) is 0 Å². The second kappa shape index (κ2) is 18.9. The Hall–Kier alpha value is -2.36. The standard InChI is InChI=1S/C36H60N4/c1-5-9-13-17-25-39(26-18-14-10-6-2)31-21-23-33-35(29-31)38-36-30-32(22-24-34(36)37-33)40(27-19-15-11-7-3)28-20-16-12-8-4/h21-24,29-30,37-38H,5-20,25-28H2,1-4H3. The molecule has 0 spiro atoms. The van der Waals surface area contributed by atoms with Crippen molar-refractivity contribution in [3.8, 4) is 0 Å². The van der Waals surface area contributed by atoms with Gasteiger partial charge < -0.3 is 20.4 Å². The molecule has 0 atom stereocenters. The minimum atomic E-state index is 1.16. The number of unbranched alkanes of at least 4 members (excludes halogenated alkanes) is 12. The summed E-state index contributed by atoms with van der Waals surface area (Å²) in [6, 6.07) is 13.9. The largest absolute Gasteiger partial charge is 0.371 e. The summed E-state index contributed by atoms with van der Waals surface area (Å²) in [7, 11) is 0. The van der Waals surface area contributed by atoms with Gasteiger partial charge in [-0.25, -0.2) is 0 Å². The molecule has 2 N–H and O–H groups in total. The van der Waals surface area contributed by atoms with Gasteiger partial charge in [-0.15, -0.1) is 0 Å². The lowest BCUT2D eigenvalue weighted by Gasteiger charge is -2.30. The molecule has 0 saturated carbocycles. The van der Waals surface area contributed by atoms with Gasteiger partial charge in [0, 0.05) is 37.6 Å². The molecule has 0 aliphatic carbocycles. The first-order chi connectivity index (χ1) is 19.7. The summed E-state index contributed by atoms with van der Waals surface area (Å²) in [5.41, 5.74) is 7.47. The van der Waals surface area contributed by atoms with Gasteiger partial charge in [0.1, 0.15) is 0 Å². The van der Waals surface area contributed by atoms with Crippen LogP contribution in [0.15, 0.2) is 36.4 Å². The Morgan fingerprint density at radius 3 is 1.05 bits per heavy atom. The van der Waals surface area contributed by atoms with Crippen LogP contribution in [0.3, 0.4) is 0 Å². The molecule has 224 valence electrons. The molecule has 0 saturated heterocycles. The van der Waals surface area contributed by atoms with E-state index in [1.54, 1.807) is 0 Å². The summed E-state index contributed by atoms with van der Waals surface area (Å²) in [6.45, 7) is 13.8. The van der Waals surface area contributed by atoms with Gasteiger partial charge in [-0.3, -0.25) is 0 Å². The third-order valence-corrected chi connectivity index (χ3v) is 8.40. The Morgan fingerprint density at radius 1 is 0.400 bits per heavy atom. The van der Waals surface area contributed by atoms with Gasteiger partial charge >= 0.3 is 0 Å². The van der Waals surface area contributed by atoms with E-state index < -0.39 is 0 Å². The number of fused-ring (bicyclic) bond motifs is 2. The zero-order valence-corrected chi connectivity index (χ0v) is 26.5. The number of hydrogen-bond acceptors (Lipinski definition) is 4. The first kappa shape index (κ1) is 32.2. The van der Waals surface area contributed by atoms with E-state index in [4.69, 9.17) is 0 Å². The molecule has 40 heavy (non-hydrogen) atoms. The van der Waals surface area contributed by atoms with Gasteiger partial charge in [-0.1, -0.05) is 105 Å². The van der Waals surface area contributed by atoms with E-state index in [1.807, 2.05) is 0 Å². The van der Waals surface area contributed by atoms with Gasteiger partial charge in [0.05, 0.1) is 22.7 Å². The molecule has 0 radical (unpaired) electrons. The van der Waals surface area contributed by atoms with E-state index in [0.29, 0.717) is 0 Å². The smallest absolute Gasteiger partial charge is 0.0644 e. The lowest BCUT2D eigenvalue weighted by molar-refractivity contribution is 0.609. The summed E-state index contributed by atoms with van der Waals surface area (Å²) < 4.78 is 0. The Morgan fingerprint density at radius 2 is 0.725 bits per heavy atom. The highest BCUT2D eigenvalue weighted by molar-refractivity contribution is 5.92. The van der Waals surface area contributed by atoms with Gasteiger partial charge in [-0.05, 0) is 62.1 Å². The molecule has 4 heteroatoms. The quantitative estimate of drug-likeness (QED) is 0.122. The van der Waals surface area contributed by atoms with Crippen LogP contribution in [-0.4, -0.2) is 26.2 Å². The molecule has 1 heterocycles. The normalized spacial score (nSPS) is 11.9. The van der Waals surface area contributed by atoms with Gasteiger partial charge in [0.15, 0.2) is 0 Å². The average molecular weight is 549 g/mol. The second-order valence-electron chi connectivity index (χ2n) is 11.9. The average Bonchev–Trinajstić information content (AvgIpc) is 2.98. The predicted octanol–water partition coefficient (Wildman–Crippen LogP) is 11.4. The van der Waals surface area contributed by atoms with Crippen LogP contribution in [0, 0.1) is 0 Å². The van der Waals surface area contributed by atoms with Crippen LogP contribution >= 0.6 is 0 Å². The first-order valence-electron chi connectivity index (χ1n) is 17.0. The van der Waals surface area contributed by atoms with Crippen molar-refractivity contribution < 1.29 is 0 Å². The van der Waals surface area contributed by atoms with Crippen LogP contribution < -0.4 is 20.4 Å². The molecular weight excluding hydrogens is 488 g/mol. The summed E-state index contributed by atoms with van der Waals surface area (Å²) >= 11 is 0.